The third-order valence-corrected chi connectivity index (χ3v) is 6.86. The molecule has 0 saturated carbocycles. The number of aromatic nitrogens is 6. The molecule has 0 spiro atoms. The second-order valence-corrected chi connectivity index (χ2v) is 9.43. The molecule has 0 amide bonds. The lowest BCUT2D eigenvalue weighted by Crippen LogP contribution is -2.33. The number of piperidine rings is 1. The molecule has 178 valence electrons. The molecule has 0 radical (unpaired) electrons. The van der Waals surface area contributed by atoms with Crippen molar-refractivity contribution in [2.45, 2.75) is 51.9 Å². The van der Waals surface area contributed by atoms with Crippen LogP contribution in [-0.2, 0) is 0 Å². The Bertz CT molecular complexity index is 1250. The van der Waals surface area contributed by atoms with Gasteiger partial charge < -0.3 is 9.64 Å². The Hall–Kier alpha value is -3.26. The van der Waals surface area contributed by atoms with Crippen molar-refractivity contribution in [2.24, 2.45) is 0 Å². The highest BCUT2D eigenvalue weighted by molar-refractivity contribution is 5.75. The largest absolute Gasteiger partial charge is 0.493 e. The summed E-state index contributed by atoms with van der Waals surface area (Å²) in [4.78, 5) is 11.7. The van der Waals surface area contributed by atoms with E-state index in [1.54, 1.807) is 11.6 Å². The molecule has 1 aliphatic rings. The van der Waals surface area contributed by atoms with Crippen LogP contribution in [0.5, 0.6) is 5.75 Å². The first-order valence-electron chi connectivity index (χ1n) is 12.2. The smallest absolute Gasteiger partial charge is 0.197 e. The molecule has 0 unspecified atom stereocenters. The number of aromatic amines is 1. The van der Waals surface area contributed by atoms with Crippen LogP contribution in [0.25, 0.3) is 28.3 Å². The Morgan fingerprint density at radius 2 is 2.00 bits per heavy atom. The van der Waals surface area contributed by atoms with Crippen LogP contribution in [0, 0.1) is 0 Å². The summed E-state index contributed by atoms with van der Waals surface area (Å²) in [6, 6.07) is 6.35. The minimum Gasteiger partial charge on any atom is -0.493 e. The van der Waals surface area contributed by atoms with E-state index in [1.807, 2.05) is 12.3 Å². The molecular weight excluding hydrogens is 426 g/mol. The summed E-state index contributed by atoms with van der Waals surface area (Å²) in [6.45, 7) is 10.2. The minimum atomic E-state index is 0.255. The van der Waals surface area contributed by atoms with Gasteiger partial charge in [0.05, 0.1) is 18.5 Å². The van der Waals surface area contributed by atoms with Crippen molar-refractivity contribution in [2.75, 3.05) is 26.7 Å². The Kier molecular flexibility index (Phi) is 6.32. The molecule has 4 aromatic rings. The summed E-state index contributed by atoms with van der Waals surface area (Å²) >= 11 is 0. The molecule has 1 aliphatic heterocycles. The van der Waals surface area contributed by atoms with Crippen molar-refractivity contribution in [1.29, 1.82) is 0 Å². The summed E-state index contributed by atoms with van der Waals surface area (Å²) in [5.41, 5.74) is 6.86. The van der Waals surface area contributed by atoms with Crippen LogP contribution in [0.4, 0.5) is 0 Å². The van der Waals surface area contributed by atoms with Gasteiger partial charge in [-0.2, -0.15) is 10.2 Å². The number of likely N-dealkylation sites (tertiary alicyclic amines) is 1. The zero-order chi connectivity index (χ0) is 23.7. The van der Waals surface area contributed by atoms with E-state index in [0.717, 1.165) is 28.2 Å². The predicted molar refractivity (Wildman–Crippen MR) is 133 cm³/mol. The highest BCUT2D eigenvalue weighted by atomic mass is 16.5. The fraction of sp³-hybridized carbons (Fsp3) is 0.462. The highest BCUT2D eigenvalue weighted by Crippen LogP contribution is 2.37. The molecule has 0 aromatic carbocycles. The van der Waals surface area contributed by atoms with Crippen molar-refractivity contribution in [3.8, 4) is 28.4 Å². The zero-order valence-electron chi connectivity index (χ0n) is 20.5. The summed E-state index contributed by atoms with van der Waals surface area (Å²) in [6.07, 6.45) is 9.18. The molecule has 1 fully saturated rings. The lowest BCUT2D eigenvalue weighted by molar-refractivity contribution is 0.212. The maximum atomic E-state index is 5.56. The fourth-order valence-corrected chi connectivity index (χ4v) is 5.10. The second kappa shape index (κ2) is 9.54. The Morgan fingerprint density at radius 1 is 1.18 bits per heavy atom. The molecule has 4 aromatic heterocycles. The number of fused-ring (bicyclic) bond motifs is 1. The number of rotatable bonds is 7. The van der Waals surface area contributed by atoms with Crippen LogP contribution >= 0.6 is 0 Å². The topological polar surface area (TPSA) is 84.2 Å². The van der Waals surface area contributed by atoms with Crippen LogP contribution in [-0.4, -0.2) is 61.4 Å². The molecular formula is C26H33N7O. The summed E-state index contributed by atoms with van der Waals surface area (Å²) < 4.78 is 7.29. The third kappa shape index (κ3) is 4.18. The maximum absolute atomic E-state index is 5.56. The van der Waals surface area contributed by atoms with Crippen molar-refractivity contribution in [3.05, 3.63) is 48.0 Å². The van der Waals surface area contributed by atoms with Gasteiger partial charge in [-0.1, -0.05) is 26.8 Å². The summed E-state index contributed by atoms with van der Waals surface area (Å²) in [5, 5.41) is 12.3. The van der Waals surface area contributed by atoms with E-state index in [4.69, 9.17) is 14.8 Å². The molecule has 0 aliphatic carbocycles. The van der Waals surface area contributed by atoms with Gasteiger partial charge in [0, 0.05) is 23.5 Å². The molecule has 34 heavy (non-hydrogen) atoms. The van der Waals surface area contributed by atoms with E-state index in [2.05, 4.69) is 59.2 Å². The number of methoxy groups -OCH3 is 1. The number of hydrogen-bond acceptors (Lipinski definition) is 6. The second-order valence-electron chi connectivity index (χ2n) is 9.43. The molecule has 8 heteroatoms. The van der Waals surface area contributed by atoms with Gasteiger partial charge in [0.1, 0.15) is 12.0 Å². The van der Waals surface area contributed by atoms with Crippen LogP contribution in [0.15, 0.2) is 36.9 Å². The van der Waals surface area contributed by atoms with E-state index >= 15 is 0 Å². The number of pyridine rings is 2. The summed E-state index contributed by atoms with van der Waals surface area (Å²) in [7, 11) is 1.65. The SMILES string of the molecule is CCCN1CCC(c2ccc(-c3n[nH]c(-c4cc(OC)c5ncnn5c4)c3C(C)C)nc2)CC1. The molecule has 5 rings (SSSR count). The number of nitrogens with zero attached hydrogens (tertiary/aromatic N) is 6. The van der Waals surface area contributed by atoms with Gasteiger partial charge in [-0.05, 0) is 68.4 Å². The fourth-order valence-electron chi connectivity index (χ4n) is 5.10. The summed E-state index contributed by atoms with van der Waals surface area (Å²) in [5.74, 6) is 1.52. The quantitative estimate of drug-likeness (QED) is 0.423. The van der Waals surface area contributed by atoms with Crippen LogP contribution in [0.2, 0.25) is 0 Å². The van der Waals surface area contributed by atoms with E-state index in [-0.39, 0.29) is 5.92 Å². The average Bonchev–Trinajstić information content (AvgIpc) is 3.52. The van der Waals surface area contributed by atoms with Gasteiger partial charge in [0.25, 0.3) is 0 Å². The number of hydrogen-bond donors (Lipinski definition) is 1. The molecule has 0 atom stereocenters. The van der Waals surface area contributed by atoms with E-state index in [9.17, 15) is 0 Å². The van der Waals surface area contributed by atoms with Crippen LogP contribution in [0.3, 0.4) is 0 Å². The van der Waals surface area contributed by atoms with Gasteiger partial charge in [-0.15, -0.1) is 0 Å². The predicted octanol–water partition coefficient (Wildman–Crippen LogP) is 4.90. The monoisotopic (exact) mass is 459 g/mol. The molecule has 1 saturated heterocycles. The van der Waals surface area contributed by atoms with Crippen LogP contribution in [0.1, 0.15) is 63.0 Å². The van der Waals surface area contributed by atoms with E-state index < -0.39 is 0 Å². The van der Waals surface area contributed by atoms with Crippen molar-refractivity contribution >= 4 is 5.65 Å². The van der Waals surface area contributed by atoms with Gasteiger partial charge in [-0.25, -0.2) is 9.50 Å². The first-order valence-corrected chi connectivity index (χ1v) is 12.2. The minimum absolute atomic E-state index is 0.255. The molecule has 1 N–H and O–H groups in total. The average molecular weight is 460 g/mol. The number of ether oxygens (including phenoxy) is 1. The van der Waals surface area contributed by atoms with Gasteiger partial charge >= 0.3 is 0 Å². The van der Waals surface area contributed by atoms with Gasteiger partial charge in [0.2, 0.25) is 0 Å². The first-order chi connectivity index (χ1) is 16.6. The van der Waals surface area contributed by atoms with E-state index in [1.165, 1.54) is 50.8 Å². The van der Waals surface area contributed by atoms with Crippen molar-refractivity contribution in [3.63, 3.8) is 0 Å². The highest BCUT2D eigenvalue weighted by Gasteiger charge is 2.23. The lowest BCUT2D eigenvalue weighted by atomic mass is 9.90. The van der Waals surface area contributed by atoms with Crippen molar-refractivity contribution < 1.29 is 4.74 Å². The molecule has 5 heterocycles. The molecule has 8 nitrogen and oxygen atoms in total. The van der Waals surface area contributed by atoms with Crippen LogP contribution < -0.4 is 4.74 Å². The number of nitrogens with one attached hydrogen (secondary N) is 1. The van der Waals surface area contributed by atoms with Gasteiger partial charge in [-0.3, -0.25) is 10.1 Å². The lowest BCUT2D eigenvalue weighted by Gasteiger charge is -2.31. The number of H-pyrrole nitrogens is 1. The standard InChI is InChI=1S/C26H33N7O/c1-5-10-32-11-8-18(9-12-32)19-6-7-21(27-14-19)25-23(17(2)3)24(30-31-25)20-13-22(34-4)26-28-16-29-33(26)15-20/h6-7,13-18H,5,8-12H2,1-4H3,(H,30,31). The maximum Gasteiger partial charge on any atom is 0.197 e. The Labute approximate surface area is 200 Å². The van der Waals surface area contributed by atoms with E-state index in [0.29, 0.717) is 17.3 Å². The molecule has 0 bridgehead atoms. The third-order valence-electron chi connectivity index (χ3n) is 6.86. The Balaban J connectivity index is 1.44. The zero-order valence-corrected chi connectivity index (χ0v) is 20.5. The first kappa shape index (κ1) is 22.5. The van der Waals surface area contributed by atoms with Gasteiger partial charge in [0.15, 0.2) is 11.4 Å². The normalized spacial score (nSPS) is 15.4. The van der Waals surface area contributed by atoms with Crippen molar-refractivity contribution in [1.82, 2.24) is 34.7 Å². The Morgan fingerprint density at radius 3 is 2.68 bits per heavy atom.